The van der Waals surface area contributed by atoms with Gasteiger partial charge in [0.25, 0.3) is 0 Å². The number of nitrogens with two attached hydrogens (primary N) is 1. The second kappa shape index (κ2) is 6.70. The Bertz CT molecular complexity index is 260. The molecule has 1 heterocycles. The summed E-state index contributed by atoms with van der Waals surface area (Å²) in [6.07, 6.45) is 1.44. The average molecular weight is 250 g/mol. The van der Waals surface area contributed by atoms with Crippen LogP contribution in [-0.4, -0.2) is 54.3 Å². The average Bonchev–Trinajstić information content (AvgIpc) is 2.62. The first kappa shape index (κ1) is 15.2. The fourth-order valence-corrected chi connectivity index (χ4v) is 1.55. The molecular formula is C10H20ClN3O2. The number of carbonyl (C=O) groups excluding carboxylic acids is 2. The van der Waals surface area contributed by atoms with Crippen LogP contribution in [0.15, 0.2) is 0 Å². The van der Waals surface area contributed by atoms with Gasteiger partial charge in [-0.05, 0) is 13.3 Å². The van der Waals surface area contributed by atoms with Crippen molar-refractivity contribution in [2.45, 2.75) is 25.8 Å². The van der Waals surface area contributed by atoms with Crippen LogP contribution in [0.3, 0.4) is 0 Å². The third kappa shape index (κ3) is 3.64. The molecule has 1 unspecified atom stereocenters. The molecule has 0 aliphatic carbocycles. The van der Waals surface area contributed by atoms with Crippen LogP contribution in [0.5, 0.6) is 0 Å². The Labute approximate surface area is 102 Å². The van der Waals surface area contributed by atoms with E-state index in [9.17, 15) is 9.59 Å². The van der Waals surface area contributed by atoms with Crippen LogP contribution in [-0.2, 0) is 9.59 Å². The van der Waals surface area contributed by atoms with E-state index in [1.165, 1.54) is 0 Å². The van der Waals surface area contributed by atoms with Crippen molar-refractivity contribution in [3.8, 4) is 0 Å². The van der Waals surface area contributed by atoms with Gasteiger partial charge in [-0.25, -0.2) is 0 Å². The molecule has 0 radical (unpaired) electrons. The predicted octanol–water partition coefficient (Wildman–Crippen LogP) is -0.164. The molecular weight excluding hydrogens is 230 g/mol. The van der Waals surface area contributed by atoms with Crippen molar-refractivity contribution in [3.05, 3.63) is 0 Å². The normalized spacial score (nSPS) is 16.9. The molecule has 0 bridgehead atoms. The molecule has 2 amide bonds. The maximum Gasteiger partial charge on any atom is 0.242 e. The van der Waals surface area contributed by atoms with E-state index in [1.807, 2.05) is 6.92 Å². The Kier molecular flexibility index (Phi) is 6.36. The fourth-order valence-electron chi connectivity index (χ4n) is 1.55. The van der Waals surface area contributed by atoms with Gasteiger partial charge >= 0.3 is 0 Å². The third-order valence-electron chi connectivity index (χ3n) is 2.89. The molecule has 1 fully saturated rings. The van der Waals surface area contributed by atoms with E-state index in [0.29, 0.717) is 19.5 Å². The van der Waals surface area contributed by atoms with Gasteiger partial charge < -0.3 is 15.5 Å². The van der Waals surface area contributed by atoms with Gasteiger partial charge in [-0.15, -0.1) is 12.4 Å². The molecule has 0 saturated carbocycles. The summed E-state index contributed by atoms with van der Waals surface area (Å²) >= 11 is 0. The third-order valence-corrected chi connectivity index (χ3v) is 2.89. The molecule has 2 N–H and O–H groups in total. The first-order valence-electron chi connectivity index (χ1n) is 5.29. The largest absolute Gasteiger partial charge is 0.340 e. The van der Waals surface area contributed by atoms with Gasteiger partial charge in [-0.2, -0.15) is 0 Å². The predicted molar refractivity (Wildman–Crippen MR) is 64.3 cm³/mol. The molecule has 0 spiro atoms. The molecule has 1 aliphatic rings. The minimum atomic E-state index is -0.0387. The van der Waals surface area contributed by atoms with Gasteiger partial charge in [-0.1, -0.05) is 0 Å². The van der Waals surface area contributed by atoms with Crippen molar-refractivity contribution in [2.75, 3.05) is 26.7 Å². The number of hydrogen-bond donors (Lipinski definition) is 1. The van der Waals surface area contributed by atoms with Crippen molar-refractivity contribution in [2.24, 2.45) is 5.73 Å². The highest BCUT2D eigenvalue weighted by atomic mass is 35.5. The quantitative estimate of drug-likeness (QED) is 0.753. The number of halogens is 1. The molecule has 0 aromatic carbocycles. The summed E-state index contributed by atoms with van der Waals surface area (Å²) < 4.78 is 0. The van der Waals surface area contributed by atoms with Crippen LogP contribution >= 0.6 is 12.4 Å². The second-order valence-electron chi connectivity index (χ2n) is 4.01. The smallest absolute Gasteiger partial charge is 0.242 e. The molecule has 94 valence electrons. The molecule has 0 aromatic heterocycles. The minimum Gasteiger partial charge on any atom is -0.340 e. The fraction of sp³-hybridized carbons (Fsp3) is 0.800. The molecule has 1 rings (SSSR count). The van der Waals surface area contributed by atoms with E-state index in [1.54, 1.807) is 16.8 Å². The summed E-state index contributed by atoms with van der Waals surface area (Å²) in [5.41, 5.74) is 5.47. The highest BCUT2D eigenvalue weighted by Crippen LogP contribution is 2.09. The molecule has 0 aromatic rings. The monoisotopic (exact) mass is 249 g/mol. The van der Waals surface area contributed by atoms with Crippen LogP contribution in [0.4, 0.5) is 0 Å². The Morgan fingerprint density at radius 2 is 2.25 bits per heavy atom. The zero-order valence-corrected chi connectivity index (χ0v) is 10.6. The number of likely N-dealkylation sites (N-methyl/N-ethyl adjacent to an activating group) is 1. The van der Waals surface area contributed by atoms with Crippen LogP contribution in [0, 0.1) is 0 Å². The van der Waals surface area contributed by atoms with Gasteiger partial charge in [0, 0.05) is 32.6 Å². The highest BCUT2D eigenvalue weighted by Gasteiger charge is 2.24. The number of nitrogens with zero attached hydrogens (tertiary/aromatic N) is 2. The van der Waals surface area contributed by atoms with Crippen molar-refractivity contribution < 1.29 is 9.59 Å². The van der Waals surface area contributed by atoms with E-state index in [-0.39, 0.29) is 36.8 Å². The van der Waals surface area contributed by atoms with Crippen molar-refractivity contribution >= 4 is 24.2 Å². The summed E-state index contributed by atoms with van der Waals surface area (Å²) in [5.74, 6) is 0.0420. The molecule has 1 aliphatic heterocycles. The van der Waals surface area contributed by atoms with Gasteiger partial charge in [-0.3, -0.25) is 9.59 Å². The van der Waals surface area contributed by atoms with E-state index < -0.39 is 0 Å². The lowest BCUT2D eigenvalue weighted by Gasteiger charge is -2.26. The first-order chi connectivity index (χ1) is 7.06. The maximum absolute atomic E-state index is 11.7. The van der Waals surface area contributed by atoms with Crippen LogP contribution in [0.1, 0.15) is 19.8 Å². The lowest BCUT2D eigenvalue weighted by Crippen LogP contribution is -2.45. The number of amides is 2. The zero-order valence-electron chi connectivity index (χ0n) is 9.81. The van der Waals surface area contributed by atoms with Gasteiger partial charge in [0.1, 0.15) is 0 Å². The van der Waals surface area contributed by atoms with Crippen molar-refractivity contribution in [1.82, 2.24) is 9.80 Å². The van der Waals surface area contributed by atoms with Gasteiger partial charge in [0.05, 0.1) is 6.54 Å². The minimum absolute atomic E-state index is 0. The zero-order chi connectivity index (χ0) is 11.4. The molecule has 6 heteroatoms. The summed E-state index contributed by atoms with van der Waals surface area (Å²) in [6.45, 7) is 3.23. The van der Waals surface area contributed by atoms with Crippen molar-refractivity contribution in [1.29, 1.82) is 0 Å². The maximum atomic E-state index is 11.7. The standard InChI is InChI=1S/C10H19N3O2.ClH/c1-8(6-11)12(2)10(15)7-13-5-3-4-9(13)14;/h8H,3-7,11H2,1-2H3;1H. The highest BCUT2D eigenvalue weighted by molar-refractivity contribution is 5.86. The van der Waals surface area contributed by atoms with Crippen LogP contribution in [0.25, 0.3) is 0 Å². The first-order valence-corrected chi connectivity index (χ1v) is 5.29. The van der Waals surface area contributed by atoms with Crippen LogP contribution < -0.4 is 5.73 Å². The van der Waals surface area contributed by atoms with Gasteiger partial charge in [0.15, 0.2) is 0 Å². The van der Waals surface area contributed by atoms with Crippen LogP contribution in [0.2, 0.25) is 0 Å². The van der Waals surface area contributed by atoms with E-state index in [4.69, 9.17) is 5.73 Å². The Balaban J connectivity index is 0.00000225. The van der Waals surface area contributed by atoms with E-state index >= 15 is 0 Å². The summed E-state index contributed by atoms with van der Waals surface area (Å²) in [7, 11) is 1.72. The number of carbonyl (C=O) groups is 2. The number of rotatable bonds is 4. The number of hydrogen-bond acceptors (Lipinski definition) is 3. The summed E-state index contributed by atoms with van der Waals surface area (Å²) in [5, 5.41) is 0. The van der Waals surface area contributed by atoms with E-state index in [2.05, 4.69) is 0 Å². The number of likely N-dealkylation sites (tertiary alicyclic amines) is 1. The SMILES string of the molecule is CC(CN)N(C)C(=O)CN1CCCC1=O.Cl. The molecule has 16 heavy (non-hydrogen) atoms. The Morgan fingerprint density at radius 3 is 2.69 bits per heavy atom. The van der Waals surface area contributed by atoms with Gasteiger partial charge in [0.2, 0.25) is 11.8 Å². The van der Waals surface area contributed by atoms with Crippen molar-refractivity contribution in [3.63, 3.8) is 0 Å². The second-order valence-corrected chi connectivity index (χ2v) is 4.01. The Hall–Kier alpha value is -0.810. The summed E-state index contributed by atoms with van der Waals surface area (Å²) in [4.78, 5) is 26.2. The lowest BCUT2D eigenvalue weighted by molar-refractivity contribution is -0.138. The molecule has 5 nitrogen and oxygen atoms in total. The topological polar surface area (TPSA) is 66.6 Å². The molecule has 1 atom stereocenters. The Morgan fingerprint density at radius 1 is 1.62 bits per heavy atom. The molecule has 1 saturated heterocycles. The van der Waals surface area contributed by atoms with E-state index in [0.717, 1.165) is 6.42 Å². The lowest BCUT2D eigenvalue weighted by atomic mass is 10.3. The summed E-state index contributed by atoms with van der Waals surface area (Å²) in [6, 6.07) is 0.0233.